The lowest BCUT2D eigenvalue weighted by Gasteiger charge is -2.41. The van der Waals surface area contributed by atoms with Crippen molar-refractivity contribution in [2.45, 2.75) is 56.7 Å². The van der Waals surface area contributed by atoms with E-state index >= 15 is 0 Å². The summed E-state index contributed by atoms with van der Waals surface area (Å²) in [5, 5.41) is 21.2. The fourth-order valence-electron chi connectivity index (χ4n) is 5.87. The number of fused-ring (bicyclic) bond motifs is 1. The molecule has 0 radical (unpaired) electrons. The number of aromatic hydroxyl groups is 1. The van der Waals surface area contributed by atoms with Crippen molar-refractivity contribution in [3.8, 4) is 5.75 Å². The molecule has 2 fully saturated rings. The number of pyridine rings is 1. The van der Waals surface area contributed by atoms with Crippen LogP contribution in [0.5, 0.6) is 5.75 Å². The van der Waals surface area contributed by atoms with E-state index < -0.39 is 6.09 Å². The molecule has 5 N–H and O–H groups in total. The number of nitrogens with zero attached hydrogens (tertiary/aromatic N) is 7. The van der Waals surface area contributed by atoms with E-state index in [0.717, 1.165) is 12.8 Å². The average molecular weight is 623 g/mol. The Labute approximate surface area is 260 Å². The first-order valence-electron chi connectivity index (χ1n) is 15.0. The quantitative estimate of drug-likeness (QED) is 0.0802. The van der Waals surface area contributed by atoms with Crippen molar-refractivity contribution in [2.75, 3.05) is 54.8 Å². The molecule has 2 aliphatic heterocycles. The Kier molecular flexibility index (Phi) is 10.1. The van der Waals surface area contributed by atoms with Crippen LogP contribution in [-0.4, -0.2) is 86.1 Å². The number of alkyl carbamates (subject to hydrolysis) is 1. The van der Waals surface area contributed by atoms with Gasteiger partial charge < -0.3 is 35.0 Å². The number of hydrazine groups is 1. The highest BCUT2D eigenvalue weighted by atomic mass is 16.5. The van der Waals surface area contributed by atoms with Gasteiger partial charge in [-0.15, -0.1) is 0 Å². The molecule has 45 heavy (non-hydrogen) atoms. The normalized spacial score (nSPS) is 20.1. The molecule has 1 saturated heterocycles. The van der Waals surface area contributed by atoms with Crippen LogP contribution in [-0.2, 0) is 14.3 Å². The highest BCUT2D eigenvalue weighted by Gasteiger charge is 2.34. The number of nitrogens with two attached hydrogens (primary N) is 1. The number of benzene rings is 1. The summed E-state index contributed by atoms with van der Waals surface area (Å²) in [4.78, 5) is 48.6. The first kappa shape index (κ1) is 31.6. The Bertz CT molecular complexity index is 1450. The van der Waals surface area contributed by atoms with E-state index in [2.05, 4.69) is 20.7 Å². The molecule has 16 heteroatoms. The van der Waals surface area contributed by atoms with Gasteiger partial charge in [-0.3, -0.25) is 14.6 Å². The number of likely N-dealkylation sites (N-methyl/N-ethyl adjacent to an activating group) is 1. The topological polar surface area (TPSA) is 211 Å². The number of nitrogens with one attached hydrogen (secondary N) is 2. The van der Waals surface area contributed by atoms with Gasteiger partial charge in [0.15, 0.2) is 5.82 Å². The second-order valence-electron chi connectivity index (χ2n) is 11.3. The largest absolute Gasteiger partial charge is 0.506 e. The van der Waals surface area contributed by atoms with Gasteiger partial charge >= 0.3 is 6.09 Å². The molecule has 240 valence electrons. The molecule has 0 spiro atoms. The number of phenolic OH excluding ortho intramolecular Hbond substituents is 1. The number of phenols is 1. The summed E-state index contributed by atoms with van der Waals surface area (Å²) < 4.78 is 10.5. The Hall–Kier alpha value is -4.79. The number of aromatic nitrogens is 1. The third kappa shape index (κ3) is 7.48. The fourth-order valence-corrected chi connectivity index (χ4v) is 5.87. The number of carbonyl (C=O) groups is 3. The molecule has 0 atom stereocenters. The van der Waals surface area contributed by atoms with Crippen molar-refractivity contribution in [1.29, 1.82) is 0 Å². The van der Waals surface area contributed by atoms with Crippen LogP contribution in [0.1, 0.15) is 48.9 Å². The Morgan fingerprint density at radius 2 is 1.87 bits per heavy atom. The van der Waals surface area contributed by atoms with Gasteiger partial charge in [-0.05, 0) is 74.4 Å². The summed E-state index contributed by atoms with van der Waals surface area (Å²) in [7, 11) is 1.72. The first-order valence-corrected chi connectivity index (χ1v) is 15.0. The number of anilines is 4. The molecule has 3 amide bonds. The molecule has 1 saturated carbocycles. The maximum Gasteiger partial charge on any atom is 0.407 e. The van der Waals surface area contributed by atoms with Gasteiger partial charge in [0, 0.05) is 48.9 Å². The van der Waals surface area contributed by atoms with Crippen molar-refractivity contribution in [1.82, 2.24) is 15.6 Å². The molecule has 3 heterocycles. The maximum atomic E-state index is 13.0. The van der Waals surface area contributed by atoms with Crippen LogP contribution in [0.25, 0.3) is 10.4 Å². The summed E-state index contributed by atoms with van der Waals surface area (Å²) in [6.45, 7) is 1.52. The van der Waals surface area contributed by atoms with Crippen LogP contribution in [0.4, 0.5) is 27.8 Å². The predicted octanol–water partition coefficient (Wildman–Crippen LogP) is 2.84. The van der Waals surface area contributed by atoms with Crippen LogP contribution in [0, 0.1) is 0 Å². The summed E-state index contributed by atoms with van der Waals surface area (Å²) in [6, 6.07) is 7.93. The third-order valence-corrected chi connectivity index (χ3v) is 8.40. The summed E-state index contributed by atoms with van der Waals surface area (Å²) in [6.07, 6.45) is 3.64. The summed E-state index contributed by atoms with van der Waals surface area (Å²) in [5.41, 5.74) is 9.48. The highest BCUT2D eigenvalue weighted by molar-refractivity contribution is 6.02. The average Bonchev–Trinajstić information content (AvgIpc) is 3.05. The van der Waals surface area contributed by atoms with E-state index in [1.807, 2.05) is 4.90 Å². The minimum absolute atomic E-state index is 0.00759. The molecular formula is C29H38N10O6. The van der Waals surface area contributed by atoms with Crippen molar-refractivity contribution in [3.63, 3.8) is 0 Å². The van der Waals surface area contributed by atoms with Gasteiger partial charge in [0.05, 0.1) is 25.4 Å². The second-order valence-corrected chi connectivity index (χ2v) is 11.3. The number of carbonyl (C=O) groups excluding carboxylic acids is 3. The standard InChI is InChI=1S/C29H38N10O6/c1-37-23-8-9-25(35-27(23)38(17-26(37)41)21-10-13-44-14-11-21)39(31)22-7-2-18(16-24(22)40)28(42)33-19-3-5-20(6-4-19)34-29(43)45-15-12-32-36-30/h2,7-9,16,19-21,40H,3-6,10-15,17,31H2,1H3,(H,33,42)(H,34,43)/t19-,20-. The lowest BCUT2D eigenvalue weighted by molar-refractivity contribution is -0.117. The van der Waals surface area contributed by atoms with E-state index in [0.29, 0.717) is 56.2 Å². The number of azide groups is 1. The second kappa shape index (κ2) is 14.3. The molecular weight excluding hydrogens is 584 g/mol. The molecule has 1 aromatic heterocycles. The van der Waals surface area contributed by atoms with Crippen LogP contribution in [0.2, 0.25) is 0 Å². The van der Waals surface area contributed by atoms with Crippen molar-refractivity contribution in [2.24, 2.45) is 11.0 Å². The van der Waals surface area contributed by atoms with Crippen molar-refractivity contribution < 1.29 is 29.0 Å². The van der Waals surface area contributed by atoms with E-state index in [1.54, 1.807) is 36.2 Å². The summed E-state index contributed by atoms with van der Waals surface area (Å²) in [5.74, 6) is 6.89. The van der Waals surface area contributed by atoms with E-state index in [1.165, 1.54) is 11.1 Å². The first-order chi connectivity index (χ1) is 21.7. The molecule has 1 aliphatic carbocycles. The Balaban J connectivity index is 1.19. The molecule has 0 bridgehead atoms. The zero-order chi connectivity index (χ0) is 31.9. The molecule has 3 aliphatic rings. The Morgan fingerprint density at radius 3 is 2.56 bits per heavy atom. The fraction of sp³-hybridized carbons (Fsp3) is 0.517. The number of amides is 3. The lowest BCUT2D eigenvalue weighted by Crippen LogP contribution is -2.50. The van der Waals surface area contributed by atoms with Gasteiger partial charge in [0.2, 0.25) is 5.91 Å². The Morgan fingerprint density at radius 1 is 1.16 bits per heavy atom. The zero-order valence-electron chi connectivity index (χ0n) is 25.1. The molecule has 0 unspecified atom stereocenters. The van der Waals surface area contributed by atoms with E-state index in [9.17, 15) is 19.5 Å². The van der Waals surface area contributed by atoms with Crippen LogP contribution >= 0.6 is 0 Å². The van der Waals surface area contributed by atoms with Gasteiger partial charge in [-0.2, -0.15) is 0 Å². The highest BCUT2D eigenvalue weighted by Crippen LogP contribution is 2.38. The maximum absolute atomic E-state index is 13.0. The lowest BCUT2D eigenvalue weighted by atomic mass is 9.91. The van der Waals surface area contributed by atoms with Gasteiger partial charge in [-0.1, -0.05) is 5.11 Å². The SMILES string of the molecule is CN1C(=O)CN(C2CCOCC2)c2nc(N(N)c3ccc(C(=O)N[C@H]4CC[C@H](NC(=O)OCCN=[N+]=[N-])CC4)cc3O)ccc21. The van der Waals surface area contributed by atoms with Crippen molar-refractivity contribution >= 4 is 40.9 Å². The number of rotatable bonds is 9. The van der Waals surface area contributed by atoms with Gasteiger partial charge in [-0.25, -0.2) is 15.6 Å². The van der Waals surface area contributed by atoms with Crippen LogP contribution in [0.15, 0.2) is 35.4 Å². The smallest absolute Gasteiger partial charge is 0.407 e. The molecule has 16 nitrogen and oxygen atoms in total. The van der Waals surface area contributed by atoms with Crippen LogP contribution < -0.4 is 31.3 Å². The minimum atomic E-state index is -0.565. The zero-order valence-corrected chi connectivity index (χ0v) is 25.1. The number of hydrogen-bond acceptors (Lipinski definition) is 11. The van der Waals surface area contributed by atoms with Gasteiger partial charge in [0.25, 0.3) is 5.91 Å². The van der Waals surface area contributed by atoms with E-state index in [-0.39, 0.29) is 66.6 Å². The minimum Gasteiger partial charge on any atom is -0.506 e. The number of ether oxygens (including phenoxy) is 2. The van der Waals surface area contributed by atoms with E-state index in [4.69, 9.17) is 25.8 Å². The van der Waals surface area contributed by atoms with Gasteiger partial charge in [0.1, 0.15) is 17.3 Å². The predicted molar refractivity (Wildman–Crippen MR) is 165 cm³/mol. The molecule has 1 aromatic carbocycles. The van der Waals surface area contributed by atoms with Crippen LogP contribution in [0.3, 0.4) is 0 Å². The molecule has 2 aromatic rings. The monoisotopic (exact) mass is 622 g/mol. The summed E-state index contributed by atoms with van der Waals surface area (Å²) >= 11 is 0. The molecule has 5 rings (SSSR count). The number of hydrogen-bond donors (Lipinski definition) is 4. The van der Waals surface area contributed by atoms with Crippen molar-refractivity contribution in [3.05, 3.63) is 46.3 Å². The third-order valence-electron chi connectivity index (χ3n) is 8.40.